The molecule has 2 aromatic rings. The van der Waals surface area contributed by atoms with E-state index in [9.17, 15) is 15.0 Å². The summed E-state index contributed by atoms with van der Waals surface area (Å²) >= 11 is 0. The van der Waals surface area contributed by atoms with Crippen molar-refractivity contribution >= 4 is 11.5 Å². The summed E-state index contributed by atoms with van der Waals surface area (Å²) in [6, 6.07) is 11.7. The van der Waals surface area contributed by atoms with Crippen molar-refractivity contribution in [1.29, 1.82) is 0 Å². The lowest BCUT2D eigenvalue weighted by atomic mass is 9.99. The zero-order valence-corrected chi connectivity index (χ0v) is 13.4. The van der Waals surface area contributed by atoms with Gasteiger partial charge in [0.1, 0.15) is 17.2 Å². The first-order valence-electron chi connectivity index (χ1n) is 7.73. The molecule has 5 nitrogen and oxygen atoms in total. The molecule has 1 amide bonds. The Morgan fingerprint density at radius 1 is 1.12 bits per heavy atom. The molecule has 0 radical (unpaired) electrons. The Bertz CT molecular complexity index is 780. The van der Waals surface area contributed by atoms with Crippen LogP contribution in [0.2, 0.25) is 0 Å². The molecule has 3 rings (SSSR count). The second-order valence-electron chi connectivity index (χ2n) is 5.66. The SMILES string of the molecule is COc1ccc(C(=O)N2CC=C(c3ccc(O)cc3)CC2)c(O)c1. The minimum Gasteiger partial charge on any atom is -0.508 e. The fraction of sp³-hybridized carbons (Fsp3) is 0.211. The summed E-state index contributed by atoms with van der Waals surface area (Å²) in [5.74, 6) is 0.475. The van der Waals surface area contributed by atoms with Gasteiger partial charge in [0.05, 0.1) is 12.7 Å². The van der Waals surface area contributed by atoms with Crippen LogP contribution in [0.3, 0.4) is 0 Å². The van der Waals surface area contributed by atoms with Gasteiger partial charge in [-0.05, 0) is 41.8 Å². The van der Waals surface area contributed by atoms with Crippen LogP contribution in [0, 0.1) is 0 Å². The highest BCUT2D eigenvalue weighted by molar-refractivity contribution is 5.97. The Hall–Kier alpha value is -2.95. The molecule has 124 valence electrons. The predicted molar refractivity (Wildman–Crippen MR) is 91.3 cm³/mol. The number of rotatable bonds is 3. The third-order valence-electron chi connectivity index (χ3n) is 4.17. The van der Waals surface area contributed by atoms with Crippen LogP contribution >= 0.6 is 0 Å². The molecule has 0 fully saturated rings. The molecule has 24 heavy (non-hydrogen) atoms. The molecule has 5 heteroatoms. The molecular formula is C19H19NO4. The molecule has 2 aromatic carbocycles. The zero-order chi connectivity index (χ0) is 17.1. The summed E-state index contributed by atoms with van der Waals surface area (Å²) < 4.78 is 5.03. The van der Waals surface area contributed by atoms with Crippen LogP contribution in [0.15, 0.2) is 48.5 Å². The standard InChI is InChI=1S/C19H19NO4/c1-24-16-6-7-17(18(22)12-16)19(23)20-10-8-14(9-11-20)13-2-4-15(21)5-3-13/h2-8,12,21-22H,9-11H2,1H3. The molecule has 0 spiro atoms. The van der Waals surface area contributed by atoms with Gasteiger partial charge in [0.15, 0.2) is 0 Å². The summed E-state index contributed by atoms with van der Waals surface area (Å²) in [7, 11) is 1.51. The fourth-order valence-corrected chi connectivity index (χ4v) is 2.78. The van der Waals surface area contributed by atoms with Gasteiger partial charge in [0.2, 0.25) is 0 Å². The summed E-state index contributed by atoms with van der Waals surface area (Å²) in [5, 5.41) is 19.4. The van der Waals surface area contributed by atoms with Gasteiger partial charge in [-0.3, -0.25) is 4.79 Å². The molecular weight excluding hydrogens is 306 g/mol. The molecule has 0 unspecified atom stereocenters. The molecule has 0 saturated heterocycles. The van der Waals surface area contributed by atoms with Gasteiger partial charge < -0.3 is 19.8 Å². The van der Waals surface area contributed by atoms with Crippen molar-refractivity contribution < 1.29 is 19.7 Å². The van der Waals surface area contributed by atoms with Gasteiger partial charge in [0, 0.05) is 19.2 Å². The van der Waals surface area contributed by atoms with Gasteiger partial charge in [-0.2, -0.15) is 0 Å². The van der Waals surface area contributed by atoms with Crippen molar-refractivity contribution in [2.24, 2.45) is 0 Å². The molecule has 2 N–H and O–H groups in total. The van der Waals surface area contributed by atoms with E-state index in [1.807, 2.05) is 18.2 Å². The first-order chi connectivity index (χ1) is 11.6. The highest BCUT2D eigenvalue weighted by Crippen LogP contribution is 2.28. The third-order valence-corrected chi connectivity index (χ3v) is 4.17. The quantitative estimate of drug-likeness (QED) is 0.910. The van der Waals surface area contributed by atoms with E-state index in [0.29, 0.717) is 18.8 Å². The van der Waals surface area contributed by atoms with Gasteiger partial charge in [-0.1, -0.05) is 18.2 Å². The van der Waals surface area contributed by atoms with Crippen LogP contribution in [0.5, 0.6) is 17.2 Å². The third kappa shape index (κ3) is 3.20. The van der Waals surface area contributed by atoms with Gasteiger partial charge in [0.25, 0.3) is 5.91 Å². The topological polar surface area (TPSA) is 70.0 Å². The average molecular weight is 325 g/mol. The monoisotopic (exact) mass is 325 g/mol. The van der Waals surface area contributed by atoms with E-state index in [4.69, 9.17) is 4.74 Å². The van der Waals surface area contributed by atoms with Crippen molar-refractivity contribution in [3.63, 3.8) is 0 Å². The normalized spacial score (nSPS) is 14.2. The maximum absolute atomic E-state index is 12.6. The van der Waals surface area contributed by atoms with E-state index in [-0.39, 0.29) is 23.0 Å². The highest BCUT2D eigenvalue weighted by atomic mass is 16.5. The number of ether oxygens (including phenoxy) is 1. The molecule has 0 aliphatic carbocycles. The van der Waals surface area contributed by atoms with Crippen molar-refractivity contribution in [3.8, 4) is 17.2 Å². The van der Waals surface area contributed by atoms with Crippen LogP contribution in [0.1, 0.15) is 22.3 Å². The maximum Gasteiger partial charge on any atom is 0.257 e. The van der Waals surface area contributed by atoms with E-state index in [0.717, 1.165) is 17.6 Å². The van der Waals surface area contributed by atoms with Crippen molar-refractivity contribution in [2.75, 3.05) is 20.2 Å². The molecule has 1 aliphatic rings. The van der Waals surface area contributed by atoms with Gasteiger partial charge in [-0.15, -0.1) is 0 Å². The molecule has 0 saturated carbocycles. The predicted octanol–water partition coefficient (Wildman–Crippen LogP) is 3.04. The lowest BCUT2D eigenvalue weighted by molar-refractivity contribution is 0.0770. The van der Waals surface area contributed by atoms with Crippen molar-refractivity contribution in [3.05, 3.63) is 59.7 Å². The number of hydrogen-bond donors (Lipinski definition) is 2. The first-order valence-corrected chi connectivity index (χ1v) is 7.73. The lowest BCUT2D eigenvalue weighted by Gasteiger charge is -2.27. The fourth-order valence-electron chi connectivity index (χ4n) is 2.78. The summed E-state index contributed by atoms with van der Waals surface area (Å²) in [6.07, 6.45) is 2.74. The maximum atomic E-state index is 12.6. The number of hydrogen-bond acceptors (Lipinski definition) is 4. The minimum absolute atomic E-state index is 0.0762. The Morgan fingerprint density at radius 2 is 1.88 bits per heavy atom. The average Bonchev–Trinajstić information content (AvgIpc) is 2.62. The Kier molecular flexibility index (Phi) is 4.42. The number of amides is 1. The van der Waals surface area contributed by atoms with Crippen molar-refractivity contribution in [2.45, 2.75) is 6.42 Å². The van der Waals surface area contributed by atoms with Crippen LogP contribution in [0.4, 0.5) is 0 Å². The summed E-state index contributed by atoms with van der Waals surface area (Å²) in [6.45, 7) is 1.07. The minimum atomic E-state index is -0.198. The largest absolute Gasteiger partial charge is 0.508 e. The van der Waals surface area contributed by atoms with E-state index in [2.05, 4.69) is 0 Å². The first kappa shape index (κ1) is 15.9. The van der Waals surface area contributed by atoms with E-state index < -0.39 is 0 Å². The van der Waals surface area contributed by atoms with Crippen molar-refractivity contribution in [1.82, 2.24) is 4.90 Å². The number of phenolic OH excluding ortho intramolecular Hbond substituents is 2. The second-order valence-corrected chi connectivity index (χ2v) is 5.66. The van der Waals surface area contributed by atoms with E-state index in [1.54, 1.807) is 29.2 Å². The van der Waals surface area contributed by atoms with E-state index >= 15 is 0 Å². The second kappa shape index (κ2) is 6.66. The number of carbonyl (C=O) groups is 1. The Labute approximate surface area is 140 Å². The zero-order valence-electron chi connectivity index (χ0n) is 13.4. The van der Waals surface area contributed by atoms with Crippen LogP contribution < -0.4 is 4.74 Å². The summed E-state index contributed by atoms with van der Waals surface area (Å²) in [5.41, 5.74) is 2.47. The number of benzene rings is 2. The smallest absolute Gasteiger partial charge is 0.257 e. The molecule has 0 bridgehead atoms. The van der Waals surface area contributed by atoms with Gasteiger partial charge in [-0.25, -0.2) is 0 Å². The van der Waals surface area contributed by atoms with E-state index in [1.165, 1.54) is 13.2 Å². The number of methoxy groups -OCH3 is 1. The molecule has 1 heterocycles. The lowest BCUT2D eigenvalue weighted by Crippen LogP contribution is -2.34. The van der Waals surface area contributed by atoms with Crippen LogP contribution in [-0.4, -0.2) is 41.2 Å². The Morgan fingerprint density at radius 3 is 2.46 bits per heavy atom. The van der Waals surface area contributed by atoms with Gasteiger partial charge >= 0.3 is 0 Å². The Balaban J connectivity index is 1.74. The molecule has 0 aromatic heterocycles. The molecule has 1 aliphatic heterocycles. The number of carbonyl (C=O) groups excluding carboxylic acids is 1. The summed E-state index contributed by atoms with van der Waals surface area (Å²) in [4.78, 5) is 14.3. The van der Waals surface area contributed by atoms with Crippen LogP contribution in [-0.2, 0) is 0 Å². The highest BCUT2D eigenvalue weighted by Gasteiger charge is 2.21. The number of aromatic hydroxyl groups is 2. The van der Waals surface area contributed by atoms with Crippen LogP contribution in [0.25, 0.3) is 5.57 Å². The molecule has 0 atom stereocenters. The number of nitrogens with zero attached hydrogens (tertiary/aromatic N) is 1. The number of phenols is 2.